The number of rotatable bonds is 2. The normalized spacial score (nSPS) is 19.8. The van der Waals surface area contributed by atoms with E-state index in [9.17, 15) is 9.90 Å². The number of ketones is 1. The third-order valence-corrected chi connectivity index (χ3v) is 5.10. The second-order valence-corrected chi connectivity index (χ2v) is 6.84. The van der Waals surface area contributed by atoms with Gasteiger partial charge in [-0.05, 0) is 57.7 Å². The molecule has 0 bridgehead atoms. The van der Waals surface area contributed by atoms with E-state index >= 15 is 0 Å². The maximum atomic E-state index is 11.7. The average molecular weight is 329 g/mol. The number of oxazole rings is 1. The Labute approximate surface area is 141 Å². The van der Waals surface area contributed by atoms with E-state index in [0.717, 1.165) is 34.4 Å². The Kier molecular flexibility index (Phi) is 3.70. The van der Waals surface area contributed by atoms with Gasteiger partial charge < -0.3 is 14.3 Å². The fraction of sp³-hybridized carbons (Fsp3) is 0.474. The van der Waals surface area contributed by atoms with Crippen molar-refractivity contribution in [3.05, 3.63) is 39.6 Å². The molecule has 2 heterocycles. The van der Waals surface area contributed by atoms with Gasteiger partial charge >= 0.3 is 0 Å². The quantitative estimate of drug-likeness (QED) is 0.841. The maximum absolute atomic E-state index is 11.7. The summed E-state index contributed by atoms with van der Waals surface area (Å²) in [5.74, 6) is 1.96. The average Bonchev–Trinajstić information content (AvgIpc) is 2.94. The number of nitrogens with zero attached hydrogens (tertiary/aromatic N) is 1. The van der Waals surface area contributed by atoms with Crippen molar-refractivity contribution in [2.24, 2.45) is 0 Å². The molecule has 1 N–H and O–H groups in total. The van der Waals surface area contributed by atoms with E-state index in [1.165, 1.54) is 6.92 Å². The number of fused-ring (bicyclic) bond motifs is 1. The predicted octanol–water partition coefficient (Wildman–Crippen LogP) is 4.06. The van der Waals surface area contributed by atoms with Gasteiger partial charge in [-0.15, -0.1) is 0 Å². The summed E-state index contributed by atoms with van der Waals surface area (Å²) in [6.07, 6.45) is 1.42. The van der Waals surface area contributed by atoms with Gasteiger partial charge in [0.2, 0.25) is 5.89 Å². The van der Waals surface area contributed by atoms with Crippen LogP contribution >= 0.6 is 0 Å². The standard InChI is InChI=1S/C19H23NO4/c1-9-10(2)17-14(11(3)16(9)22)7-8-19(6,24-17)18-20-15(12(4)21)13(5)23-18/h22H,7-8H2,1-6H3. The topological polar surface area (TPSA) is 72.6 Å². The number of Topliss-reactive ketones (excluding diaryl/α,β-unsaturated/α-hetero) is 1. The zero-order chi connectivity index (χ0) is 17.8. The number of aromatic nitrogens is 1. The number of aromatic hydroxyl groups is 1. The predicted molar refractivity (Wildman–Crippen MR) is 89.9 cm³/mol. The number of carbonyl (C=O) groups excluding carboxylic acids is 1. The molecule has 1 aliphatic rings. The SMILES string of the molecule is CC(=O)c1nc(C2(C)CCc3c(C)c(O)c(C)c(C)c3O2)oc1C. The third-order valence-electron chi connectivity index (χ3n) is 5.10. The van der Waals surface area contributed by atoms with E-state index in [1.807, 2.05) is 27.7 Å². The van der Waals surface area contributed by atoms with Crippen LogP contribution in [-0.4, -0.2) is 15.9 Å². The molecule has 1 aromatic heterocycles. The van der Waals surface area contributed by atoms with Crippen LogP contribution in [0.4, 0.5) is 0 Å². The number of benzene rings is 1. The van der Waals surface area contributed by atoms with Crippen LogP contribution in [-0.2, 0) is 12.0 Å². The Bertz CT molecular complexity index is 850. The molecule has 0 fully saturated rings. The van der Waals surface area contributed by atoms with E-state index in [-0.39, 0.29) is 5.78 Å². The summed E-state index contributed by atoms with van der Waals surface area (Å²) >= 11 is 0. The molecule has 0 saturated heterocycles. The summed E-state index contributed by atoms with van der Waals surface area (Å²) in [5, 5.41) is 10.3. The van der Waals surface area contributed by atoms with Crippen LogP contribution in [0.15, 0.2) is 4.42 Å². The molecule has 1 aliphatic heterocycles. The van der Waals surface area contributed by atoms with E-state index in [2.05, 4.69) is 4.98 Å². The first-order valence-electron chi connectivity index (χ1n) is 8.15. The molecule has 128 valence electrons. The fourth-order valence-electron chi connectivity index (χ4n) is 3.35. The van der Waals surface area contributed by atoms with Gasteiger partial charge in [-0.3, -0.25) is 4.79 Å². The van der Waals surface area contributed by atoms with Crippen LogP contribution < -0.4 is 4.74 Å². The van der Waals surface area contributed by atoms with Crippen molar-refractivity contribution in [1.29, 1.82) is 0 Å². The Morgan fingerprint density at radius 3 is 2.42 bits per heavy atom. The van der Waals surface area contributed by atoms with Gasteiger partial charge in [0.15, 0.2) is 11.4 Å². The molecule has 1 aromatic carbocycles. The highest BCUT2D eigenvalue weighted by Crippen LogP contribution is 2.46. The molecule has 2 aromatic rings. The highest BCUT2D eigenvalue weighted by Gasteiger charge is 2.40. The lowest BCUT2D eigenvalue weighted by Gasteiger charge is -2.35. The van der Waals surface area contributed by atoms with Gasteiger partial charge in [0.25, 0.3) is 0 Å². The number of phenols is 1. The number of hydrogen-bond donors (Lipinski definition) is 1. The van der Waals surface area contributed by atoms with E-state index < -0.39 is 5.60 Å². The fourth-order valence-corrected chi connectivity index (χ4v) is 3.35. The van der Waals surface area contributed by atoms with Crippen LogP contribution in [0.25, 0.3) is 0 Å². The minimum atomic E-state index is -0.730. The molecule has 0 aliphatic carbocycles. The largest absolute Gasteiger partial charge is 0.507 e. The van der Waals surface area contributed by atoms with Gasteiger partial charge in [-0.1, -0.05) is 0 Å². The van der Waals surface area contributed by atoms with E-state index in [4.69, 9.17) is 9.15 Å². The summed E-state index contributed by atoms with van der Waals surface area (Å²) in [7, 11) is 0. The molecular formula is C19H23NO4. The van der Waals surface area contributed by atoms with Crippen LogP contribution in [0, 0.1) is 27.7 Å². The zero-order valence-corrected chi connectivity index (χ0v) is 15.0. The lowest BCUT2D eigenvalue weighted by atomic mass is 9.87. The molecule has 3 rings (SSSR count). The molecule has 0 saturated carbocycles. The molecule has 5 heteroatoms. The Morgan fingerprint density at radius 1 is 1.17 bits per heavy atom. The molecule has 0 amide bonds. The molecule has 1 atom stereocenters. The molecule has 5 nitrogen and oxygen atoms in total. The van der Waals surface area contributed by atoms with Crippen molar-refractivity contribution < 1.29 is 19.1 Å². The minimum Gasteiger partial charge on any atom is -0.507 e. The van der Waals surface area contributed by atoms with Crippen molar-refractivity contribution in [3.8, 4) is 11.5 Å². The Morgan fingerprint density at radius 2 is 1.83 bits per heavy atom. The molecular weight excluding hydrogens is 306 g/mol. The van der Waals surface area contributed by atoms with Crippen LogP contribution in [0.1, 0.15) is 64.7 Å². The second kappa shape index (κ2) is 5.36. The number of ether oxygens (including phenoxy) is 1. The van der Waals surface area contributed by atoms with E-state index in [0.29, 0.717) is 29.5 Å². The van der Waals surface area contributed by atoms with Crippen LogP contribution in [0.5, 0.6) is 11.5 Å². The first-order valence-corrected chi connectivity index (χ1v) is 8.15. The van der Waals surface area contributed by atoms with Crippen molar-refractivity contribution in [2.75, 3.05) is 0 Å². The van der Waals surface area contributed by atoms with Gasteiger partial charge in [0, 0.05) is 18.9 Å². The number of phenolic OH excluding ortho intramolecular Hbond substituents is 1. The van der Waals surface area contributed by atoms with Gasteiger partial charge in [-0.25, -0.2) is 4.98 Å². The van der Waals surface area contributed by atoms with Crippen molar-refractivity contribution in [1.82, 2.24) is 4.98 Å². The summed E-state index contributed by atoms with van der Waals surface area (Å²) in [4.78, 5) is 16.0. The summed E-state index contributed by atoms with van der Waals surface area (Å²) in [5.41, 5.74) is 3.27. The van der Waals surface area contributed by atoms with Crippen molar-refractivity contribution in [2.45, 2.75) is 60.0 Å². The molecule has 0 radical (unpaired) electrons. The van der Waals surface area contributed by atoms with Gasteiger partial charge in [0.1, 0.15) is 23.0 Å². The summed E-state index contributed by atoms with van der Waals surface area (Å²) in [6.45, 7) is 10.9. The zero-order valence-electron chi connectivity index (χ0n) is 15.0. The molecule has 0 spiro atoms. The van der Waals surface area contributed by atoms with Crippen LogP contribution in [0.2, 0.25) is 0 Å². The first kappa shape index (κ1) is 16.6. The highest BCUT2D eigenvalue weighted by atomic mass is 16.5. The first-order chi connectivity index (χ1) is 11.2. The minimum absolute atomic E-state index is 0.116. The second-order valence-electron chi connectivity index (χ2n) is 6.84. The van der Waals surface area contributed by atoms with Crippen molar-refractivity contribution >= 4 is 5.78 Å². The lowest BCUT2D eigenvalue weighted by molar-refractivity contribution is 0.0328. The third kappa shape index (κ3) is 2.30. The summed E-state index contributed by atoms with van der Waals surface area (Å²) in [6, 6.07) is 0. The lowest BCUT2D eigenvalue weighted by Crippen LogP contribution is -2.35. The molecule has 1 unspecified atom stereocenters. The Balaban J connectivity index is 2.09. The monoisotopic (exact) mass is 329 g/mol. The van der Waals surface area contributed by atoms with Gasteiger partial charge in [-0.2, -0.15) is 0 Å². The highest BCUT2D eigenvalue weighted by molar-refractivity contribution is 5.93. The van der Waals surface area contributed by atoms with Crippen LogP contribution in [0.3, 0.4) is 0 Å². The van der Waals surface area contributed by atoms with Gasteiger partial charge in [0.05, 0.1) is 0 Å². The number of carbonyl (C=O) groups is 1. The smallest absolute Gasteiger partial charge is 0.239 e. The summed E-state index contributed by atoms with van der Waals surface area (Å²) < 4.78 is 12.1. The maximum Gasteiger partial charge on any atom is 0.239 e. The molecule has 24 heavy (non-hydrogen) atoms. The number of hydrogen-bond acceptors (Lipinski definition) is 5. The van der Waals surface area contributed by atoms with E-state index in [1.54, 1.807) is 6.92 Å². The Hall–Kier alpha value is -2.30. The number of aryl methyl sites for hydroxylation is 1. The van der Waals surface area contributed by atoms with Crippen molar-refractivity contribution in [3.63, 3.8) is 0 Å².